The topological polar surface area (TPSA) is 76.3 Å². The minimum atomic E-state index is -0.612. The number of hydrogen-bond donors (Lipinski definition) is 1. The first-order chi connectivity index (χ1) is 12.2. The van der Waals surface area contributed by atoms with Crippen molar-refractivity contribution in [3.63, 3.8) is 0 Å². The zero-order valence-corrected chi connectivity index (χ0v) is 14.5. The van der Waals surface area contributed by atoms with E-state index in [2.05, 4.69) is 19.9 Å². The number of fused-ring (bicyclic) bond motifs is 4. The van der Waals surface area contributed by atoms with Gasteiger partial charge in [0.2, 0.25) is 0 Å². The minimum absolute atomic E-state index is 0.413. The van der Waals surface area contributed by atoms with Crippen LogP contribution in [0.4, 0.5) is 5.82 Å². The summed E-state index contributed by atoms with van der Waals surface area (Å²) in [4.78, 5) is 15.8. The smallest absolute Gasteiger partial charge is 0.165 e. The molecule has 0 amide bonds. The lowest BCUT2D eigenvalue weighted by atomic mass is 9.62. The van der Waals surface area contributed by atoms with Crippen molar-refractivity contribution in [3.8, 4) is 0 Å². The number of nitrogens with zero attached hydrogens (tertiary/aromatic N) is 5. The van der Waals surface area contributed by atoms with Gasteiger partial charge in [-0.05, 0) is 43.9 Å². The summed E-state index contributed by atoms with van der Waals surface area (Å²) in [6, 6.07) is 0. The van der Waals surface area contributed by atoms with E-state index >= 15 is 0 Å². The Hall–Kier alpha value is -1.73. The van der Waals surface area contributed by atoms with Gasteiger partial charge in [0, 0.05) is 13.1 Å². The Balaban J connectivity index is 1.46. The number of aromatic nitrogens is 4. The summed E-state index contributed by atoms with van der Waals surface area (Å²) >= 11 is 0. The third-order valence-electron chi connectivity index (χ3n) is 6.39. The first kappa shape index (κ1) is 15.5. The number of anilines is 1. The van der Waals surface area contributed by atoms with Crippen molar-refractivity contribution in [2.45, 2.75) is 44.2 Å². The molecule has 1 aliphatic heterocycles. The van der Waals surface area contributed by atoms with Crippen LogP contribution >= 0.6 is 0 Å². The highest BCUT2D eigenvalue weighted by molar-refractivity contribution is 5.83. The molecule has 2 bridgehead atoms. The van der Waals surface area contributed by atoms with E-state index in [-0.39, 0.29) is 0 Å². The largest absolute Gasteiger partial charge is 0.388 e. The maximum atomic E-state index is 11.3. The summed E-state index contributed by atoms with van der Waals surface area (Å²) in [5, 5.41) is 11.3. The van der Waals surface area contributed by atoms with E-state index in [4.69, 9.17) is 4.74 Å². The highest BCUT2D eigenvalue weighted by Crippen LogP contribution is 2.48. The molecule has 1 atom stereocenters. The molecule has 7 nitrogen and oxygen atoms in total. The summed E-state index contributed by atoms with van der Waals surface area (Å²) in [6.45, 7) is 3.67. The van der Waals surface area contributed by atoms with Gasteiger partial charge in [0.05, 0.1) is 31.7 Å². The van der Waals surface area contributed by atoms with E-state index in [1.54, 1.807) is 6.33 Å². The predicted molar refractivity (Wildman–Crippen MR) is 93.4 cm³/mol. The average Bonchev–Trinajstić information content (AvgIpc) is 3.05. The van der Waals surface area contributed by atoms with E-state index in [9.17, 15) is 5.11 Å². The quantitative estimate of drug-likeness (QED) is 0.912. The van der Waals surface area contributed by atoms with Crippen molar-refractivity contribution in [3.05, 3.63) is 12.7 Å². The van der Waals surface area contributed by atoms with Gasteiger partial charge < -0.3 is 19.3 Å². The Morgan fingerprint density at radius 3 is 2.64 bits per heavy atom. The second-order valence-electron chi connectivity index (χ2n) is 7.87. The second kappa shape index (κ2) is 5.92. The van der Waals surface area contributed by atoms with E-state index < -0.39 is 5.60 Å². The maximum absolute atomic E-state index is 11.3. The van der Waals surface area contributed by atoms with Crippen molar-refractivity contribution in [1.29, 1.82) is 0 Å². The van der Waals surface area contributed by atoms with Gasteiger partial charge >= 0.3 is 0 Å². The summed E-state index contributed by atoms with van der Waals surface area (Å²) in [7, 11) is 0. The fourth-order valence-electron chi connectivity index (χ4n) is 5.05. The number of imidazole rings is 1. The van der Waals surface area contributed by atoms with Crippen LogP contribution in [-0.2, 0) is 11.3 Å². The lowest BCUT2D eigenvalue weighted by Crippen LogP contribution is -2.50. The van der Waals surface area contributed by atoms with Gasteiger partial charge in [0.25, 0.3) is 0 Å². The first-order valence-electron chi connectivity index (χ1n) is 9.44. The molecule has 1 N–H and O–H groups in total. The van der Waals surface area contributed by atoms with Gasteiger partial charge in [-0.1, -0.05) is 0 Å². The van der Waals surface area contributed by atoms with Gasteiger partial charge in [-0.15, -0.1) is 0 Å². The second-order valence-corrected chi connectivity index (χ2v) is 7.87. The molecule has 0 aromatic carbocycles. The normalized spacial score (nSPS) is 32.4. The third-order valence-corrected chi connectivity index (χ3v) is 6.39. The monoisotopic (exact) mass is 343 g/mol. The molecule has 1 unspecified atom stereocenters. The molecule has 6 rings (SSSR count). The predicted octanol–water partition coefficient (Wildman–Crippen LogP) is 1.60. The standard InChI is InChI=1S/C18H25N5O2/c24-18(9-13-1-3-14(18)4-2-13)10-23-12-21-15-16(19-11-20-17(15)23)22-5-7-25-8-6-22/h11-14,24H,1-10H2. The maximum Gasteiger partial charge on any atom is 0.165 e. The molecule has 0 radical (unpaired) electrons. The molecule has 25 heavy (non-hydrogen) atoms. The Labute approximate surface area is 147 Å². The summed E-state index contributed by atoms with van der Waals surface area (Å²) < 4.78 is 7.47. The minimum Gasteiger partial charge on any atom is -0.388 e. The molecule has 134 valence electrons. The SMILES string of the molecule is OC1(Cn2cnc3c(N4CCOCC4)ncnc32)CC2CCC1CC2. The molecule has 4 aliphatic rings. The molecule has 3 aliphatic carbocycles. The van der Waals surface area contributed by atoms with Crippen molar-refractivity contribution >= 4 is 17.0 Å². The van der Waals surface area contributed by atoms with E-state index in [0.717, 1.165) is 62.5 Å². The average molecular weight is 343 g/mol. The third kappa shape index (κ3) is 2.60. The molecular formula is C18H25N5O2. The van der Waals surface area contributed by atoms with Crippen molar-refractivity contribution in [2.24, 2.45) is 11.8 Å². The zero-order chi connectivity index (χ0) is 16.9. The lowest BCUT2D eigenvalue weighted by Gasteiger charge is -2.48. The van der Waals surface area contributed by atoms with Crippen molar-refractivity contribution in [1.82, 2.24) is 19.5 Å². The van der Waals surface area contributed by atoms with Gasteiger partial charge in [0.15, 0.2) is 17.0 Å². The summed E-state index contributed by atoms with van der Waals surface area (Å²) in [5.74, 6) is 1.98. The van der Waals surface area contributed by atoms with Crippen LogP contribution in [0, 0.1) is 11.8 Å². The Kier molecular flexibility index (Phi) is 3.67. The summed E-state index contributed by atoms with van der Waals surface area (Å²) in [6.07, 6.45) is 9.22. The van der Waals surface area contributed by atoms with Crippen LogP contribution in [-0.4, -0.2) is 56.5 Å². The van der Waals surface area contributed by atoms with Crippen LogP contribution in [0.15, 0.2) is 12.7 Å². The highest BCUT2D eigenvalue weighted by atomic mass is 16.5. The number of hydrogen-bond acceptors (Lipinski definition) is 6. The van der Waals surface area contributed by atoms with Crippen LogP contribution in [0.2, 0.25) is 0 Å². The zero-order valence-electron chi connectivity index (χ0n) is 14.5. The molecule has 2 aromatic rings. The fourth-order valence-corrected chi connectivity index (χ4v) is 5.05. The van der Waals surface area contributed by atoms with Crippen LogP contribution < -0.4 is 4.90 Å². The number of morpholine rings is 1. The Morgan fingerprint density at radius 1 is 1.12 bits per heavy atom. The fraction of sp³-hybridized carbons (Fsp3) is 0.722. The molecule has 7 heteroatoms. The molecule has 3 saturated carbocycles. The van der Waals surface area contributed by atoms with Crippen LogP contribution in [0.5, 0.6) is 0 Å². The highest BCUT2D eigenvalue weighted by Gasteiger charge is 2.46. The summed E-state index contributed by atoms with van der Waals surface area (Å²) in [5.41, 5.74) is 1.04. The van der Waals surface area contributed by atoms with Gasteiger partial charge in [-0.3, -0.25) is 0 Å². The molecule has 3 heterocycles. The molecule has 1 saturated heterocycles. The number of rotatable bonds is 3. The van der Waals surface area contributed by atoms with E-state index in [1.165, 1.54) is 12.8 Å². The molecule has 0 spiro atoms. The Bertz CT molecular complexity index is 764. The van der Waals surface area contributed by atoms with Crippen LogP contribution in [0.25, 0.3) is 11.2 Å². The lowest BCUT2D eigenvalue weighted by molar-refractivity contribution is -0.107. The van der Waals surface area contributed by atoms with Crippen molar-refractivity contribution < 1.29 is 9.84 Å². The van der Waals surface area contributed by atoms with E-state index in [0.29, 0.717) is 18.4 Å². The number of aliphatic hydroxyl groups is 1. The van der Waals surface area contributed by atoms with Gasteiger partial charge in [-0.2, -0.15) is 0 Å². The van der Waals surface area contributed by atoms with Crippen molar-refractivity contribution in [2.75, 3.05) is 31.2 Å². The van der Waals surface area contributed by atoms with Crippen LogP contribution in [0.1, 0.15) is 32.1 Å². The van der Waals surface area contributed by atoms with E-state index in [1.807, 2.05) is 10.9 Å². The molecule has 4 fully saturated rings. The molecular weight excluding hydrogens is 318 g/mol. The first-order valence-corrected chi connectivity index (χ1v) is 9.44. The van der Waals surface area contributed by atoms with Gasteiger partial charge in [-0.25, -0.2) is 15.0 Å². The van der Waals surface area contributed by atoms with Gasteiger partial charge in [0.1, 0.15) is 6.33 Å². The number of ether oxygens (including phenoxy) is 1. The Morgan fingerprint density at radius 2 is 1.92 bits per heavy atom. The molecule has 2 aromatic heterocycles. The van der Waals surface area contributed by atoms with Crippen LogP contribution in [0.3, 0.4) is 0 Å².